The number of hydrogen-bond donors (Lipinski definition) is 0. The molecule has 126 valence electrons. The molecule has 0 saturated heterocycles. The summed E-state index contributed by atoms with van der Waals surface area (Å²) in [5.41, 5.74) is 3.72. The van der Waals surface area contributed by atoms with Crippen LogP contribution in [0, 0.1) is 12.8 Å². The van der Waals surface area contributed by atoms with E-state index in [1.54, 1.807) is 0 Å². The molecule has 0 aliphatic rings. The summed E-state index contributed by atoms with van der Waals surface area (Å²) in [6, 6.07) is 29.0. The molecule has 0 bridgehead atoms. The highest BCUT2D eigenvalue weighted by molar-refractivity contribution is 7.80. The van der Waals surface area contributed by atoms with Gasteiger partial charge in [-0.3, -0.25) is 0 Å². The first-order valence-corrected chi connectivity index (χ1v) is 8.98. The lowest BCUT2D eigenvalue weighted by Crippen LogP contribution is -2.23. The maximum Gasteiger partial charge on any atom is 0.171 e. The molecule has 0 amide bonds. The predicted octanol–water partition coefficient (Wildman–Crippen LogP) is 5.80. The molecule has 0 N–H and O–H groups in total. The molecule has 0 radical (unpaired) electrons. The van der Waals surface area contributed by atoms with Gasteiger partial charge in [0.15, 0.2) is 5.05 Å². The van der Waals surface area contributed by atoms with Crippen LogP contribution in [-0.4, -0.2) is 5.05 Å². The molecule has 0 aromatic heterocycles. The minimum atomic E-state index is 0.153. The Bertz CT molecular complexity index is 770. The lowest BCUT2D eigenvalue weighted by Gasteiger charge is -2.19. The highest BCUT2D eigenvalue weighted by Gasteiger charge is 2.18. The fourth-order valence-corrected chi connectivity index (χ4v) is 3.18. The summed E-state index contributed by atoms with van der Waals surface area (Å²) in [7, 11) is 0. The topological polar surface area (TPSA) is 9.23 Å². The van der Waals surface area contributed by atoms with Crippen LogP contribution in [0.15, 0.2) is 84.9 Å². The largest absolute Gasteiger partial charge is 0.450 e. The molecule has 0 fully saturated rings. The first-order chi connectivity index (χ1) is 12.2. The van der Waals surface area contributed by atoms with E-state index in [0.717, 1.165) is 18.6 Å². The fraction of sp³-hybridized carbons (Fsp3) is 0.174. The predicted molar refractivity (Wildman–Crippen MR) is 108 cm³/mol. The summed E-state index contributed by atoms with van der Waals surface area (Å²) in [5, 5.41) is 0.651. The Hall–Kier alpha value is -2.45. The maximum atomic E-state index is 6.03. The SMILES string of the molecule is Cc1cccc(OC(=S)C(Cc2ccccc2)Cc2ccccc2)c1. The van der Waals surface area contributed by atoms with Crippen LogP contribution in [0.25, 0.3) is 0 Å². The van der Waals surface area contributed by atoms with E-state index in [2.05, 4.69) is 61.5 Å². The number of thiocarbonyl (C=S) groups is 1. The van der Waals surface area contributed by atoms with Crippen molar-refractivity contribution in [3.05, 3.63) is 102 Å². The van der Waals surface area contributed by atoms with Crippen LogP contribution in [0.3, 0.4) is 0 Å². The Morgan fingerprint density at radius 3 is 1.88 bits per heavy atom. The van der Waals surface area contributed by atoms with Gasteiger partial charge in [0.05, 0.1) is 0 Å². The molecule has 2 heteroatoms. The number of benzene rings is 3. The molecule has 0 spiro atoms. The number of aryl methyl sites for hydroxylation is 1. The standard InChI is InChI=1S/C23H22OS/c1-18-9-8-14-22(15-18)24-23(25)21(16-19-10-4-2-5-11-19)17-20-12-6-3-7-13-20/h2-15,21H,16-17H2,1H3. The zero-order valence-electron chi connectivity index (χ0n) is 14.4. The van der Waals surface area contributed by atoms with E-state index in [-0.39, 0.29) is 5.92 Å². The smallest absolute Gasteiger partial charge is 0.171 e. The first kappa shape index (κ1) is 17.4. The van der Waals surface area contributed by atoms with Gasteiger partial charge in [-0.15, -0.1) is 0 Å². The second kappa shape index (κ2) is 8.59. The van der Waals surface area contributed by atoms with Gasteiger partial charge < -0.3 is 4.74 Å². The second-order valence-electron chi connectivity index (χ2n) is 6.31. The molecule has 1 nitrogen and oxygen atoms in total. The van der Waals surface area contributed by atoms with Crippen LogP contribution < -0.4 is 4.74 Å². The third-order valence-electron chi connectivity index (χ3n) is 4.19. The Morgan fingerprint density at radius 1 is 0.800 bits per heavy atom. The molecule has 0 heterocycles. The Balaban J connectivity index is 1.78. The van der Waals surface area contributed by atoms with Gasteiger partial charge in [-0.25, -0.2) is 0 Å². The monoisotopic (exact) mass is 346 g/mol. The molecule has 0 saturated carbocycles. The molecule has 0 aliphatic carbocycles. The number of rotatable bonds is 6. The summed E-state index contributed by atoms with van der Waals surface area (Å²) >= 11 is 5.68. The second-order valence-corrected chi connectivity index (χ2v) is 6.72. The molecule has 3 rings (SSSR count). The van der Waals surface area contributed by atoms with E-state index >= 15 is 0 Å². The van der Waals surface area contributed by atoms with Crippen molar-refractivity contribution >= 4 is 17.3 Å². The highest BCUT2D eigenvalue weighted by Crippen LogP contribution is 2.20. The minimum Gasteiger partial charge on any atom is -0.450 e. The molecule has 0 unspecified atom stereocenters. The summed E-state index contributed by atoms with van der Waals surface area (Å²) in [6.07, 6.45) is 1.75. The van der Waals surface area contributed by atoms with E-state index in [4.69, 9.17) is 17.0 Å². The summed E-state index contributed by atoms with van der Waals surface area (Å²) < 4.78 is 6.03. The summed E-state index contributed by atoms with van der Waals surface area (Å²) in [5.74, 6) is 0.969. The van der Waals surface area contributed by atoms with E-state index in [1.807, 2.05) is 30.3 Å². The molecule has 25 heavy (non-hydrogen) atoms. The van der Waals surface area contributed by atoms with Gasteiger partial charge >= 0.3 is 0 Å². The fourth-order valence-electron chi connectivity index (χ4n) is 2.91. The van der Waals surface area contributed by atoms with Crippen molar-refractivity contribution in [3.8, 4) is 5.75 Å². The first-order valence-electron chi connectivity index (χ1n) is 8.57. The average Bonchev–Trinajstić information content (AvgIpc) is 2.63. The van der Waals surface area contributed by atoms with E-state index in [1.165, 1.54) is 16.7 Å². The van der Waals surface area contributed by atoms with Crippen LogP contribution in [0.1, 0.15) is 16.7 Å². The molecular weight excluding hydrogens is 324 g/mol. The summed E-state index contributed by atoms with van der Waals surface area (Å²) in [4.78, 5) is 0. The highest BCUT2D eigenvalue weighted by atomic mass is 32.1. The van der Waals surface area contributed by atoms with E-state index in [0.29, 0.717) is 5.05 Å². The third-order valence-corrected chi connectivity index (χ3v) is 4.61. The van der Waals surface area contributed by atoms with Gasteiger partial charge in [0.1, 0.15) is 5.75 Å². The molecular formula is C23H22OS. The van der Waals surface area contributed by atoms with Crippen LogP contribution in [0.4, 0.5) is 0 Å². The van der Waals surface area contributed by atoms with Crippen molar-refractivity contribution in [2.75, 3.05) is 0 Å². The molecule has 0 atom stereocenters. The normalized spacial score (nSPS) is 10.6. The number of hydrogen-bond acceptors (Lipinski definition) is 2. The van der Waals surface area contributed by atoms with E-state index in [9.17, 15) is 0 Å². The van der Waals surface area contributed by atoms with Crippen LogP contribution >= 0.6 is 12.2 Å². The van der Waals surface area contributed by atoms with Gasteiger partial charge in [-0.2, -0.15) is 0 Å². The van der Waals surface area contributed by atoms with Crippen molar-refractivity contribution in [2.45, 2.75) is 19.8 Å². The summed E-state index contributed by atoms with van der Waals surface area (Å²) in [6.45, 7) is 2.06. The van der Waals surface area contributed by atoms with Crippen LogP contribution in [0.5, 0.6) is 5.75 Å². The van der Waals surface area contributed by atoms with Crippen molar-refractivity contribution in [3.63, 3.8) is 0 Å². The van der Waals surface area contributed by atoms with Crippen molar-refractivity contribution in [2.24, 2.45) is 5.92 Å². The Labute approximate surface area is 155 Å². The molecule has 3 aromatic rings. The third kappa shape index (κ3) is 5.27. The van der Waals surface area contributed by atoms with Crippen molar-refractivity contribution < 1.29 is 4.74 Å². The lowest BCUT2D eigenvalue weighted by molar-refractivity contribution is 0.495. The zero-order chi connectivity index (χ0) is 17.5. The van der Waals surface area contributed by atoms with Gasteiger partial charge in [0.2, 0.25) is 0 Å². The van der Waals surface area contributed by atoms with E-state index < -0.39 is 0 Å². The van der Waals surface area contributed by atoms with Crippen molar-refractivity contribution in [1.29, 1.82) is 0 Å². The maximum absolute atomic E-state index is 6.03. The Morgan fingerprint density at radius 2 is 1.36 bits per heavy atom. The number of ether oxygens (including phenoxy) is 1. The zero-order valence-corrected chi connectivity index (χ0v) is 15.2. The van der Waals surface area contributed by atoms with Crippen LogP contribution in [0.2, 0.25) is 0 Å². The van der Waals surface area contributed by atoms with Gasteiger partial charge in [-0.1, -0.05) is 72.8 Å². The molecule has 0 aliphatic heterocycles. The van der Waals surface area contributed by atoms with Gasteiger partial charge in [0, 0.05) is 5.92 Å². The lowest BCUT2D eigenvalue weighted by atomic mass is 9.93. The Kier molecular flexibility index (Phi) is 5.97. The van der Waals surface area contributed by atoms with Crippen molar-refractivity contribution in [1.82, 2.24) is 0 Å². The van der Waals surface area contributed by atoms with Crippen LogP contribution in [-0.2, 0) is 12.8 Å². The quantitative estimate of drug-likeness (QED) is 0.521. The van der Waals surface area contributed by atoms with Gasteiger partial charge in [-0.05, 0) is 60.8 Å². The minimum absolute atomic E-state index is 0.153. The average molecular weight is 346 g/mol. The molecule has 3 aromatic carbocycles. The van der Waals surface area contributed by atoms with Gasteiger partial charge in [0.25, 0.3) is 0 Å².